The van der Waals surface area contributed by atoms with Crippen molar-refractivity contribution in [3.05, 3.63) is 65.9 Å². The maximum atomic E-state index is 12.2. The zero-order chi connectivity index (χ0) is 22.4. The lowest BCUT2D eigenvalue weighted by Crippen LogP contribution is -2.18. The summed E-state index contributed by atoms with van der Waals surface area (Å²) >= 11 is 0. The summed E-state index contributed by atoms with van der Waals surface area (Å²) in [5, 5.41) is 24.5. The molecule has 2 aromatic carbocycles. The Morgan fingerprint density at radius 2 is 1.43 bits per heavy atom. The van der Waals surface area contributed by atoms with Crippen LogP contribution in [0, 0.1) is 11.3 Å². The Morgan fingerprint density at radius 1 is 0.933 bits per heavy atom. The lowest BCUT2D eigenvalue weighted by Gasteiger charge is -2.06. The van der Waals surface area contributed by atoms with Crippen LogP contribution in [-0.4, -0.2) is 29.3 Å². The average molecular weight is 450 g/mol. The highest BCUT2D eigenvalue weighted by molar-refractivity contribution is 7.89. The van der Waals surface area contributed by atoms with Gasteiger partial charge < -0.3 is 10.6 Å². The molecular formula is C18H19N5O5S2. The number of nitrogens with zero attached hydrogens (tertiary/aromatic N) is 1. The van der Waals surface area contributed by atoms with Crippen molar-refractivity contribution < 1.29 is 21.6 Å². The number of rotatable bonds is 8. The highest BCUT2D eigenvalue weighted by atomic mass is 32.2. The summed E-state index contributed by atoms with van der Waals surface area (Å²) < 4.78 is 44.9. The average Bonchev–Trinajstić information content (AvgIpc) is 2.67. The number of nitrogens with one attached hydrogen (secondary N) is 2. The van der Waals surface area contributed by atoms with Gasteiger partial charge in [-0.2, -0.15) is 5.26 Å². The molecule has 0 saturated heterocycles. The molecule has 0 aliphatic carbocycles. The van der Waals surface area contributed by atoms with Gasteiger partial charge in [0.1, 0.15) is 11.6 Å². The van der Waals surface area contributed by atoms with Crippen LogP contribution >= 0.6 is 0 Å². The van der Waals surface area contributed by atoms with E-state index in [1.165, 1.54) is 42.6 Å². The van der Waals surface area contributed by atoms with E-state index in [4.69, 9.17) is 15.5 Å². The molecule has 30 heavy (non-hydrogen) atoms. The Labute approximate surface area is 174 Å². The largest absolute Gasteiger partial charge is 0.389 e. The van der Waals surface area contributed by atoms with Gasteiger partial charge in [-0.25, -0.2) is 27.1 Å². The zero-order valence-electron chi connectivity index (χ0n) is 15.6. The van der Waals surface area contributed by atoms with E-state index in [0.717, 1.165) is 5.56 Å². The molecule has 10 nitrogen and oxygen atoms in total. The molecule has 158 valence electrons. The summed E-state index contributed by atoms with van der Waals surface area (Å²) in [7, 11) is -7.59. The maximum absolute atomic E-state index is 12.2. The lowest BCUT2D eigenvalue weighted by atomic mass is 10.1. The Balaban J connectivity index is 1.92. The van der Waals surface area contributed by atoms with Gasteiger partial charge in [-0.1, -0.05) is 12.1 Å². The lowest BCUT2D eigenvalue weighted by molar-refractivity contribution is -0.112. The molecule has 6 N–H and O–H groups in total. The maximum Gasteiger partial charge on any atom is 0.267 e. The van der Waals surface area contributed by atoms with Gasteiger partial charge in [-0.05, 0) is 48.4 Å². The first-order chi connectivity index (χ1) is 14.0. The summed E-state index contributed by atoms with van der Waals surface area (Å²) in [6, 6.07) is 13.0. The van der Waals surface area contributed by atoms with Crippen molar-refractivity contribution in [2.45, 2.75) is 16.2 Å². The van der Waals surface area contributed by atoms with Crippen LogP contribution in [0.4, 0.5) is 5.69 Å². The summed E-state index contributed by atoms with van der Waals surface area (Å²) in [6.45, 7) is 0.385. The Morgan fingerprint density at radius 3 is 1.90 bits per heavy atom. The molecule has 2 rings (SSSR count). The number of nitrogens with two attached hydrogens (primary N) is 2. The fourth-order valence-corrected chi connectivity index (χ4v) is 3.34. The number of anilines is 1. The van der Waals surface area contributed by atoms with Crippen LogP contribution in [0.2, 0.25) is 0 Å². The minimum absolute atomic E-state index is 0.0136. The molecule has 0 bridgehead atoms. The third-order valence-electron chi connectivity index (χ3n) is 3.86. The number of primary sulfonamides is 2. The molecule has 0 unspecified atom stereocenters. The minimum Gasteiger partial charge on any atom is -0.389 e. The third kappa shape index (κ3) is 6.68. The van der Waals surface area contributed by atoms with Gasteiger partial charge in [0, 0.05) is 18.4 Å². The SMILES string of the molecule is N#C/C(=C/NCCc1ccc(S(N)(=O)=O)cc1)C(=O)Nc1ccc(S(N)(=O)=O)cc1. The van der Waals surface area contributed by atoms with Gasteiger partial charge in [-0.15, -0.1) is 0 Å². The second-order valence-corrected chi connectivity index (χ2v) is 9.21. The van der Waals surface area contributed by atoms with E-state index in [0.29, 0.717) is 18.7 Å². The first kappa shape index (κ1) is 23.0. The second-order valence-electron chi connectivity index (χ2n) is 6.09. The number of carbonyl (C=O) groups excluding carboxylic acids is 1. The fraction of sp³-hybridized carbons (Fsp3) is 0.111. The van der Waals surface area contributed by atoms with Gasteiger partial charge >= 0.3 is 0 Å². The predicted molar refractivity (Wildman–Crippen MR) is 110 cm³/mol. The number of carbonyl (C=O) groups is 1. The standard InChI is InChI=1S/C18H19N5O5S2/c19-11-14(18(24)23-15-3-7-17(8-4-15)30(21,27)28)12-22-10-9-13-1-5-16(6-2-13)29(20,25)26/h1-8,12,22H,9-10H2,(H,23,24)(H2,20,25,26)(H2,21,27,28)/b14-12-. The topological polar surface area (TPSA) is 185 Å². The van der Waals surface area contributed by atoms with Crippen molar-refractivity contribution in [1.29, 1.82) is 5.26 Å². The van der Waals surface area contributed by atoms with Crippen LogP contribution in [-0.2, 0) is 31.3 Å². The molecule has 0 aliphatic heterocycles. The number of sulfonamides is 2. The number of hydrogen-bond acceptors (Lipinski definition) is 7. The van der Waals surface area contributed by atoms with E-state index in [1.807, 2.05) is 0 Å². The fourth-order valence-electron chi connectivity index (χ4n) is 2.31. The van der Waals surface area contributed by atoms with E-state index in [-0.39, 0.29) is 15.4 Å². The van der Waals surface area contributed by atoms with Crippen LogP contribution in [0.1, 0.15) is 5.56 Å². The van der Waals surface area contributed by atoms with Crippen molar-refractivity contribution in [1.82, 2.24) is 5.32 Å². The van der Waals surface area contributed by atoms with E-state index >= 15 is 0 Å². The van der Waals surface area contributed by atoms with Crippen LogP contribution in [0.25, 0.3) is 0 Å². The molecule has 0 aromatic heterocycles. The van der Waals surface area contributed by atoms with E-state index in [2.05, 4.69) is 10.6 Å². The Hall–Kier alpha value is -3.24. The predicted octanol–water partition coefficient (Wildman–Crippen LogP) is 0.160. The van der Waals surface area contributed by atoms with E-state index in [9.17, 15) is 21.6 Å². The second kappa shape index (κ2) is 9.51. The summed E-state index contributed by atoms with van der Waals surface area (Å²) in [6.07, 6.45) is 1.77. The number of benzene rings is 2. The number of amides is 1. The number of hydrogen-bond donors (Lipinski definition) is 4. The van der Waals surface area contributed by atoms with Gasteiger partial charge in [0.2, 0.25) is 20.0 Å². The van der Waals surface area contributed by atoms with Crippen LogP contribution in [0.15, 0.2) is 70.1 Å². The molecule has 2 aromatic rings. The smallest absolute Gasteiger partial charge is 0.267 e. The van der Waals surface area contributed by atoms with Crippen molar-refractivity contribution in [3.8, 4) is 6.07 Å². The first-order valence-corrected chi connectivity index (χ1v) is 11.5. The highest BCUT2D eigenvalue weighted by Gasteiger charge is 2.11. The quantitative estimate of drug-likeness (QED) is 0.251. The van der Waals surface area contributed by atoms with Gasteiger partial charge in [0.15, 0.2) is 0 Å². The summed E-state index contributed by atoms with van der Waals surface area (Å²) in [5.41, 5.74) is 0.944. The molecule has 0 radical (unpaired) electrons. The zero-order valence-corrected chi connectivity index (χ0v) is 17.2. The van der Waals surface area contributed by atoms with Crippen molar-refractivity contribution in [2.75, 3.05) is 11.9 Å². The van der Waals surface area contributed by atoms with Crippen LogP contribution in [0.3, 0.4) is 0 Å². The molecular weight excluding hydrogens is 430 g/mol. The van der Waals surface area contributed by atoms with Crippen molar-refractivity contribution in [3.63, 3.8) is 0 Å². The van der Waals surface area contributed by atoms with E-state index in [1.54, 1.807) is 18.2 Å². The molecule has 0 fully saturated rings. The molecule has 1 amide bonds. The normalized spacial score (nSPS) is 12.1. The molecule has 0 heterocycles. The Kier molecular flexibility index (Phi) is 7.30. The molecule has 0 spiro atoms. The highest BCUT2D eigenvalue weighted by Crippen LogP contribution is 2.13. The molecule has 0 atom stereocenters. The molecule has 0 aliphatic rings. The monoisotopic (exact) mass is 449 g/mol. The summed E-state index contributed by atoms with van der Waals surface area (Å²) in [4.78, 5) is 12.1. The third-order valence-corrected chi connectivity index (χ3v) is 5.72. The van der Waals surface area contributed by atoms with Gasteiger partial charge in [-0.3, -0.25) is 4.79 Å². The number of nitriles is 1. The minimum atomic E-state index is -3.84. The van der Waals surface area contributed by atoms with Gasteiger partial charge in [0.25, 0.3) is 5.91 Å². The first-order valence-electron chi connectivity index (χ1n) is 8.40. The van der Waals surface area contributed by atoms with Gasteiger partial charge in [0.05, 0.1) is 9.79 Å². The van der Waals surface area contributed by atoms with E-state index < -0.39 is 26.0 Å². The van der Waals surface area contributed by atoms with Crippen molar-refractivity contribution >= 4 is 31.6 Å². The summed E-state index contributed by atoms with van der Waals surface area (Å²) in [5.74, 6) is -0.675. The molecule has 12 heteroatoms. The van der Waals surface area contributed by atoms with Crippen LogP contribution in [0.5, 0.6) is 0 Å². The Bertz CT molecular complexity index is 1200. The molecule has 0 saturated carbocycles. The van der Waals surface area contributed by atoms with Crippen molar-refractivity contribution in [2.24, 2.45) is 10.3 Å². The van der Waals surface area contributed by atoms with Crippen LogP contribution < -0.4 is 20.9 Å².